The summed E-state index contributed by atoms with van der Waals surface area (Å²) in [5.41, 5.74) is 0. The number of fused-ring (bicyclic) bond motifs is 1. The molecule has 314 valence electrons. The number of rotatable bonds is 9. The Balaban J connectivity index is 1.22. The van der Waals surface area contributed by atoms with Gasteiger partial charge in [-0.2, -0.15) is 0 Å². The molecule has 23 atom stereocenters. The van der Waals surface area contributed by atoms with Crippen LogP contribution in [0.3, 0.4) is 0 Å². The van der Waals surface area contributed by atoms with Crippen LogP contribution in [0.25, 0.3) is 0 Å². The minimum absolute atomic E-state index is 0.00837. The molecular formula is C33H57O21+. The molecule has 4 saturated heterocycles. The summed E-state index contributed by atoms with van der Waals surface area (Å²) in [5.74, 6) is -1.19. The van der Waals surface area contributed by atoms with E-state index >= 15 is 0 Å². The van der Waals surface area contributed by atoms with Crippen LogP contribution in [0.4, 0.5) is 0 Å². The number of hydrogen-bond donors (Lipinski definition) is 14. The molecule has 0 aromatic carbocycles. The fourth-order valence-corrected chi connectivity index (χ4v) is 8.73. The monoisotopic (exact) mass is 789 g/mol. The molecule has 0 radical (unpaired) electrons. The third-order valence-electron chi connectivity index (χ3n) is 12.0. The summed E-state index contributed by atoms with van der Waals surface area (Å²) in [4.78, 5) is 0. The van der Waals surface area contributed by atoms with Gasteiger partial charge in [0.25, 0.3) is 0 Å². The van der Waals surface area contributed by atoms with Crippen LogP contribution in [0.5, 0.6) is 0 Å². The average Bonchev–Trinajstić information content (AvgIpc) is 3.14. The van der Waals surface area contributed by atoms with E-state index in [4.69, 9.17) is 33.2 Å². The van der Waals surface area contributed by atoms with Crippen molar-refractivity contribution >= 4 is 0 Å². The standard InChI is InChI=1S/C33H56O21/c1-9-20(38)24(42)27(45)31(49-9)48-8-19-23(41)26(44)29(47)33(54-19)52-17-6-12-15(50-30(17)10-2-13(36)21(39)14(37)3-10)4-11(35)5-16(12)51-32-28(46)25(43)22(40)18(7-34)53-32/h9-47H,2-8H2,1H3/p+1/t9-,10?,11?,12?,13?,14?,15?,16?,17?,18+,19+,20-,21?,22+,23+,24+,25-,26-,27+,28+,29+,30?,31+,32+,33+/m1/s1. The minimum Gasteiger partial charge on any atom is -0.427 e. The van der Waals surface area contributed by atoms with Crippen molar-refractivity contribution in [3.63, 3.8) is 0 Å². The molecule has 4 aliphatic heterocycles. The zero-order valence-corrected chi connectivity index (χ0v) is 29.5. The number of ether oxygens (including phenoxy) is 7. The van der Waals surface area contributed by atoms with Gasteiger partial charge in [0.1, 0.15) is 79.4 Å². The van der Waals surface area contributed by atoms with E-state index in [1.165, 1.54) is 6.92 Å². The maximum atomic E-state index is 11.1. The molecule has 6 rings (SSSR count). The maximum absolute atomic E-state index is 11.1. The molecule has 2 aliphatic carbocycles. The highest BCUT2D eigenvalue weighted by Gasteiger charge is 2.57. The predicted molar refractivity (Wildman–Crippen MR) is 172 cm³/mol. The van der Waals surface area contributed by atoms with Gasteiger partial charge < -0.3 is 105 Å². The summed E-state index contributed by atoms with van der Waals surface area (Å²) in [6.45, 7) is 0.205. The van der Waals surface area contributed by atoms with Gasteiger partial charge in [-0.25, -0.2) is 0 Å². The second-order valence-corrected chi connectivity index (χ2v) is 15.7. The van der Waals surface area contributed by atoms with Gasteiger partial charge >= 0.3 is 0 Å². The van der Waals surface area contributed by atoms with E-state index in [1.54, 1.807) is 0 Å². The van der Waals surface area contributed by atoms with E-state index in [1.807, 2.05) is 0 Å². The van der Waals surface area contributed by atoms with Crippen LogP contribution < -0.4 is 0 Å². The molecule has 0 bridgehead atoms. The van der Waals surface area contributed by atoms with Gasteiger partial charge in [-0.15, -0.1) is 0 Å². The first-order chi connectivity index (χ1) is 25.5. The lowest BCUT2D eigenvalue weighted by atomic mass is 9.72. The molecule has 8 unspecified atom stereocenters. The third kappa shape index (κ3) is 8.63. The van der Waals surface area contributed by atoms with Crippen LogP contribution in [0, 0.1) is 11.8 Å². The molecule has 0 amide bonds. The van der Waals surface area contributed by atoms with E-state index in [2.05, 4.69) is 0 Å². The summed E-state index contributed by atoms with van der Waals surface area (Å²) >= 11 is 0. The quantitative estimate of drug-likeness (QED) is 0.0965. The molecule has 2 saturated carbocycles. The maximum Gasteiger partial charge on any atom is 0.187 e. The number of aliphatic hydroxyl groups excluding tert-OH is 14. The number of aliphatic hydroxyl groups is 16. The van der Waals surface area contributed by atoms with Gasteiger partial charge in [0.05, 0.1) is 49.7 Å². The molecule has 0 aromatic heterocycles. The first-order valence-corrected chi connectivity index (χ1v) is 18.5. The number of hydrogen-bond acceptors (Lipinski definition) is 20. The van der Waals surface area contributed by atoms with Crippen LogP contribution in [0.2, 0.25) is 0 Å². The molecule has 15 N–H and O–H groups in total. The predicted octanol–water partition coefficient (Wildman–Crippen LogP) is -7.86. The van der Waals surface area contributed by atoms with Crippen LogP contribution in [0.15, 0.2) is 0 Å². The Morgan fingerprint density at radius 2 is 1.07 bits per heavy atom. The normalized spacial score (nSPS) is 55.9. The SMILES string of the molecule is C[C@H]1O[C@H](OC[C@@H]2O[C@H](OC3CC4C(O[C@H]5O[C@@H](CO)[C@H](O)[C@@H](O)[C@@H]5O)CC(O)CC4[OH+]C3C3CC(O)C(O)C(O)C3)[C@@H](O)[C@H](O)[C@H]2O)[C@@H](O)[C@@H](O)[C@@H]1O. The second-order valence-electron chi connectivity index (χ2n) is 15.7. The average molecular weight is 790 g/mol. The summed E-state index contributed by atoms with van der Waals surface area (Å²) in [5, 5.41) is 146. The van der Waals surface area contributed by atoms with Gasteiger partial charge in [0.2, 0.25) is 0 Å². The Hall–Kier alpha value is -0.840. The van der Waals surface area contributed by atoms with Crippen LogP contribution in [-0.4, -0.2) is 230 Å². The Bertz CT molecular complexity index is 1190. The molecule has 0 aromatic rings. The Kier molecular flexibility index (Phi) is 13.9. The largest absolute Gasteiger partial charge is 0.427 e. The highest BCUT2D eigenvalue weighted by molar-refractivity contribution is 5.01. The molecular weight excluding hydrogens is 732 g/mol. The third-order valence-corrected chi connectivity index (χ3v) is 12.0. The molecule has 0 spiro atoms. The van der Waals surface area contributed by atoms with Gasteiger partial charge in [-0.1, -0.05) is 0 Å². The second kappa shape index (κ2) is 17.6. The zero-order chi connectivity index (χ0) is 39.3. The molecule has 6 fully saturated rings. The Morgan fingerprint density at radius 1 is 0.537 bits per heavy atom. The Labute approximate surface area is 309 Å². The topological polar surface area (TPSA) is 351 Å². The van der Waals surface area contributed by atoms with Crippen molar-refractivity contribution in [1.29, 1.82) is 0 Å². The summed E-state index contributed by atoms with van der Waals surface area (Å²) in [6, 6.07) is 0. The van der Waals surface area contributed by atoms with Gasteiger partial charge in [-0.05, 0) is 26.2 Å². The van der Waals surface area contributed by atoms with Crippen LogP contribution in [-0.2, 0) is 28.4 Å². The fraction of sp³-hybridized carbons (Fsp3) is 1.00. The molecule has 21 heteroatoms. The molecule has 21 nitrogen and oxygen atoms in total. The van der Waals surface area contributed by atoms with E-state index in [0.717, 1.165) is 0 Å². The van der Waals surface area contributed by atoms with Gasteiger partial charge in [0.15, 0.2) is 31.1 Å². The fourth-order valence-electron chi connectivity index (χ4n) is 8.73. The van der Waals surface area contributed by atoms with Crippen molar-refractivity contribution in [3.8, 4) is 0 Å². The van der Waals surface area contributed by atoms with Crippen LogP contribution >= 0.6 is 0 Å². The summed E-state index contributed by atoms with van der Waals surface area (Å²) < 4.78 is 39.9. The molecule has 54 heavy (non-hydrogen) atoms. The van der Waals surface area contributed by atoms with Crippen molar-refractivity contribution in [1.82, 2.24) is 0 Å². The van der Waals surface area contributed by atoms with Crippen molar-refractivity contribution < 1.29 is 105 Å². The lowest BCUT2D eigenvalue weighted by Gasteiger charge is -2.50. The summed E-state index contributed by atoms with van der Waals surface area (Å²) in [7, 11) is 0. The molecule has 6 aliphatic rings. The van der Waals surface area contributed by atoms with E-state index < -0.39 is 166 Å². The highest BCUT2D eigenvalue weighted by atomic mass is 16.7. The van der Waals surface area contributed by atoms with E-state index in [-0.39, 0.29) is 32.1 Å². The minimum atomic E-state index is -1.84. The highest BCUT2D eigenvalue weighted by Crippen LogP contribution is 2.44. The van der Waals surface area contributed by atoms with Gasteiger partial charge in [-0.3, -0.25) is 0 Å². The van der Waals surface area contributed by atoms with Crippen molar-refractivity contribution in [2.45, 2.75) is 180 Å². The van der Waals surface area contributed by atoms with Crippen molar-refractivity contribution in [2.24, 2.45) is 11.8 Å². The van der Waals surface area contributed by atoms with Gasteiger partial charge in [0, 0.05) is 18.8 Å². The zero-order valence-electron chi connectivity index (χ0n) is 29.5. The van der Waals surface area contributed by atoms with Crippen molar-refractivity contribution in [2.75, 3.05) is 13.2 Å². The Morgan fingerprint density at radius 3 is 1.69 bits per heavy atom. The lowest BCUT2D eigenvalue weighted by Crippen LogP contribution is -2.64. The smallest absolute Gasteiger partial charge is 0.187 e. The lowest BCUT2D eigenvalue weighted by molar-refractivity contribution is -0.371. The van der Waals surface area contributed by atoms with Crippen LogP contribution in [0.1, 0.15) is 39.0 Å². The van der Waals surface area contributed by atoms with Crippen molar-refractivity contribution in [3.05, 3.63) is 0 Å². The first kappa shape index (κ1) is 42.8. The molecule has 4 heterocycles. The van der Waals surface area contributed by atoms with E-state index in [9.17, 15) is 71.5 Å². The summed E-state index contributed by atoms with van der Waals surface area (Å²) in [6.07, 6.45) is -31.6. The van der Waals surface area contributed by atoms with E-state index in [0.29, 0.717) is 0 Å². The first-order valence-electron chi connectivity index (χ1n) is 18.5.